The van der Waals surface area contributed by atoms with E-state index in [0.717, 1.165) is 10.6 Å². The van der Waals surface area contributed by atoms with Crippen molar-refractivity contribution in [2.75, 3.05) is 12.8 Å². The maximum absolute atomic E-state index is 12.1. The van der Waals surface area contributed by atoms with E-state index in [1.807, 2.05) is 19.1 Å². The summed E-state index contributed by atoms with van der Waals surface area (Å²) in [4.78, 5) is 35.6. The molecule has 1 aromatic rings. The number of hydrogen-bond donors (Lipinski definition) is 2. The number of thioether (sulfide) groups is 1. The summed E-state index contributed by atoms with van der Waals surface area (Å²) >= 11 is 1.51. The summed E-state index contributed by atoms with van der Waals surface area (Å²) in [5, 5.41) is 4.30. The van der Waals surface area contributed by atoms with E-state index in [0.29, 0.717) is 5.56 Å². The molecular formula is C14H18N2O4S. The van der Waals surface area contributed by atoms with E-state index in [1.165, 1.54) is 25.7 Å². The highest BCUT2D eigenvalue weighted by atomic mass is 32.2. The molecule has 114 valence electrons. The van der Waals surface area contributed by atoms with Crippen LogP contribution in [0.3, 0.4) is 0 Å². The van der Waals surface area contributed by atoms with E-state index in [4.69, 9.17) is 4.74 Å². The molecule has 0 saturated carbocycles. The van der Waals surface area contributed by atoms with Crippen molar-refractivity contribution in [1.29, 1.82) is 0 Å². The lowest BCUT2D eigenvalue weighted by Gasteiger charge is -2.14. The van der Waals surface area contributed by atoms with E-state index in [1.54, 1.807) is 12.1 Å². The van der Waals surface area contributed by atoms with Gasteiger partial charge in [0.2, 0.25) is 0 Å². The molecule has 0 radical (unpaired) electrons. The summed E-state index contributed by atoms with van der Waals surface area (Å²) in [5.74, 6) is -0.453. The highest BCUT2D eigenvalue weighted by Gasteiger charge is 2.21. The molecule has 0 spiro atoms. The Morgan fingerprint density at radius 3 is 2.57 bits per heavy atom. The molecule has 0 unspecified atom stereocenters. The first-order chi connectivity index (χ1) is 9.99. The molecule has 1 aromatic carbocycles. The van der Waals surface area contributed by atoms with Gasteiger partial charge in [-0.2, -0.15) is 0 Å². The Bertz CT molecular complexity index is 533. The molecule has 0 aliphatic heterocycles. The number of urea groups is 1. The number of hydrogen-bond acceptors (Lipinski definition) is 5. The molecule has 0 fully saturated rings. The molecule has 21 heavy (non-hydrogen) atoms. The highest BCUT2D eigenvalue weighted by Crippen LogP contribution is 2.23. The molecule has 1 rings (SSSR count). The fourth-order valence-corrected chi connectivity index (χ4v) is 2.26. The van der Waals surface area contributed by atoms with Gasteiger partial charge in [0.25, 0.3) is 5.91 Å². The zero-order valence-electron chi connectivity index (χ0n) is 12.1. The summed E-state index contributed by atoms with van der Waals surface area (Å²) in [6, 6.07) is 6.37. The van der Waals surface area contributed by atoms with Crippen molar-refractivity contribution in [3.8, 4) is 0 Å². The van der Waals surface area contributed by atoms with Gasteiger partial charge in [0, 0.05) is 11.9 Å². The van der Waals surface area contributed by atoms with Crippen molar-refractivity contribution in [3.05, 3.63) is 29.8 Å². The van der Waals surface area contributed by atoms with Crippen LogP contribution in [0.25, 0.3) is 0 Å². The minimum atomic E-state index is -1.06. The van der Waals surface area contributed by atoms with E-state index < -0.39 is 24.0 Å². The summed E-state index contributed by atoms with van der Waals surface area (Å²) in [7, 11) is 1.39. The van der Waals surface area contributed by atoms with Gasteiger partial charge in [0.1, 0.15) is 0 Å². The van der Waals surface area contributed by atoms with Gasteiger partial charge in [0.15, 0.2) is 6.10 Å². The molecule has 0 bridgehead atoms. The minimum Gasteiger partial charge on any atom is -0.449 e. The standard InChI is InChI=1S/C14H18N2O4S/c1-4-21-11-8-6-5-7-10(11)13(18)20-9(2)12(17)16-14(19)15-3/h5-9H,4H2,1-3H3,(H2,15,16,17,19)/t9-/m1/s1. The summed E-state index contributed by atoms with van der Waals surface area (Å²) < 4.78 is 5.09. The van der Waals surface area contributed by atoms with Crippen LogP contribution in [0.1, 0.15) is 24.2 Å². The third-order valence-electron chi connectivity index (χ3n) is 2.52. The molecule has 2 N–H and O–H groups in total. The van der Waals surface area contributed by atoms with Crippen LogP contribution in [-0.4, -0.2) is 36.8 Å². The van der Waals surface area contributed by atoms with Gasteiger partial charge in [-0.05, 0) is 24.8 Å². The van der Waals surface area contributed by atoms with Crippen molar-refractivity contribution in [3.63, 3.8) is 0 Å². The third-order valence-corrected chi connectivity index (χ3v) is 3.48. The molecular weight excluding hydrogens is 292 g/mol. The van der Waals surface area contributed by atoms with E-state index in [2.05, 4.69) is 10.6 Å². The molecule has 0 aromatic heterocycles. The van der Waals surface area contributed by atoms with Crippen LogP contribution >= 0.6 is 11.8 Å². The molecule has 1 atom stereocenters. The fourth-order valence-electron chi connectivity index (χ4n) is 1.47. The Balaban J connectivity index is 2.72. The van der Waals surface area contributed by atoms with Crippen molar-refractivity contribution in [2.24, 2.45) is 0 Å². The maximum atomic E-state index is 12.1. The number of carbonyl (C=O) groups is 3. The van der Waals surface area contributed by atoms with Gasteiger partial charge in [-0.1, -0.05) is 19.1 Å². The van der Waals surface area contributed by atoms with E-state index >= 15 is 0 Å². The Hall–Kier alpha value is -2.02. The summed E-state index contributed by atoms with van der Waals surface area (Å²) in [5.41, 5.74) is 0.406. The second kappa shape index (κ2) is 8.31. The molecule has 0 heterocycles. The highest BCUT2D eigenvalue weighted by molar-refractivity contribution is 7.99. The molecule has 7 heteroatoms. The number of esters is 1. The Morgan fingerprint density at radius 1 is 1.29 bits per heavy atom. The number of carbonyl (C=O) groups excluding carboxylic acids is 3. The Kier molecular flexibility index (Phi) is 6.74. The Morgan fingerprint density at radius 2 is 1.95 bits per heavy atom. The van der Waals surface area contributed by atoms with Crippen LogP contribution in [-0.2, 0) is 9.53 Å². The van der Waals surface area contributed by atoms with Gasteiger partial charge in [-0.15, -0.1) is 11.8 Å². The topological polar surface area (TPSA) is 84.5 Å². The normalized spacial score (nSPS) is 11.4. The van der Waals surface area contributed by atoms with Crippen LogP contribution in [0.5, 0.6) is 0 Å². The van der Waals surface area contributed by atoms with Crippen LogP contribution in [0.2, 0.25) is 0 Å². The van der Waals surface area contributed by atoms with Crippen LogP contribution in [0.4, 0.5) is 4.79 Å². The number of imide groups is 1. The lowest BCUT2D eigenvalue weighted by molar-refractivity contribution is -0.127. The predicted molar refractivity (Wildman–Crippen MR) is 80.3 cm³/mol. The number of amides is 3. The summed E-state index contributed by atoms with van der Waals surface area (Å²) in [6.45, 7) is 3.39. The first-order valence-electron chi connectivity index (χ1n) is 6.45. The molecule has 6 nitrogen and oxygen atoms in total. The quantitative estimate of drug-likeness (QED) is 0.640. The zero-order chi connectivity index (χ0) is 15.8. The molecule has 3 amide bonds. The van der Waals surface area contributed by atoms with Crippen LogP contribution < -0.4 is 10.6 Å². The lowest BCUT2D eigenvalue weighted by atomic mass is 10.2. The zero-order valence-corrected chi connectivity index (χ0v) is 13.0. The first kappa shape index (κ1) is 17.0. The minimum absolute atomic E-state index is 0.406. The Labute approximate surface area is 127 Å². The number of rotatable bonds is 5. The monoisotopic (exact) mass is 310 g/mol. The predicted octanol–water partition coefficient (Wildman–Crippen LogP) is 1.80. The van der Waals surface area contributed by atoms with Gasteiger partial charge in [-0.25, -0.2) is 9.59 Å². The van der Waals surface area contributed by atoms with Gasteiger partial charge >= 0.3 is 12.0 Å². The number of nitrogens with one attached hydrogen (secondary N) is 2. The number of benzene rings is 1. The molecule has 0 saturated heterocycles. The lowest BCUT2D eigenvalue weighted by Crippen LogP contribution is -2.43. The van der Waals surface area contributed by atoms with Crippen molar-refractivity contribution >= 4 is 29.7 Å². The van der Waals surface area contributed by atoms with Gasteiger partial charge < -0.3 is 10.1 Å². The fraction of sp³-hybridized carbons (Fsp3) is 0.357. The van der Waals surface area contributed by atoms with Crippen LogP contribution in [0.15, 0.2) is 29.2 Å². The maximum Gasteiger partial charge on any atom is 0.340 e. The smallest absolute Gasteiger partial charge is 0.340 e. The molecule has 0 aliphatic carbocycles. The summed E-state index contributed by atoms with van der Waals surface area (Å²) in [6.07, 6.45) is -1.06. The largest absolute Gasteiger partial charge is 0.449 e. The second-order valence-corrected chi connectivity index (χ2v) is 5.35. The first-order valence-corrected chi connectivity index (χ1v) is 7.43. The second-order valence-electron chi connectivity index (χ2n) is 4.05. The van der Waals surface area contributed by atoms with Gasteiger partial charge in [0.05, 0.1) is 5.56 Å². The molecule has 0 aliphatic rings. The van der Waals surface area contributed by atoms with Gasteiger partial charge in [-0.3, -0.25) is 10.1 Å². The van der Waals surface area contributed by atoms with Crippen molar-refractivity contribution < 1.29 is 19.1 Å². The van der Waals surface area contributed by atoms with E-state index in [9.17, 15) is 14.4 Å². The average Bonchev–Trinajstić information content (AvgIpc) is 2.47. The average molecular weight is 310 g/mol. The van der Waals surface area contributed by atoms with Crippen LogP contribution in [0, 0.1) is 0 Å². The number of ether oxygens (including phenoxy) is 1. The van der Waals surface area contributed by atoms with Crippen molar-refractivity contribution in [2.45, 2.75) is 24.8 Å². The van der Waals surface area contributed by atoms with E-state index in [-0.39, 0.29) is 0 Å². The SMILES string of the molecule is CCSc1ccccc1C(=O)O[C@H](C)C(=O)NC(=O)NC. The third kappa shape index (κ3) is 5.11. The van der Waals surface area contributed by atoms with Crippen molar-refractivity contribution in [1.82, 2.24) is 10.6 Å².